The second-order valence-corrected chi connectivity index (χ2v) is 5.69. The third kappa shape index (κ3) is 2.88. The van der Waals surface area contributed by atoms with Gasteiger partial charge in [-0.1, -0.05) is 20.3 Å². The molecule has 1 aromatic rings. The van der Waals surface area contributed by atoms with Crippen molar-refractivity contribution in [3.05, 3.63) is 24.2 Å². The molecule has 0 unspecified atom stereocenters. The van der Waals surface area contributed by atoms with Crippen molar-refractivity contribution in [2.24, 2.45) is 11.3 Å². The maximum Gasteiger partial charge on any atom is 0.0934 e. The second-order valence-electron chi connectivity index (χ2n) is 5.69. The fraction of sp³-hybridized carbons (Fsp3) is 0.714. The van der Waals surface area contributed by atoms with Crippen LogP contribution in [0.4, 0.5) is 0 Å². The third-order valence-electron chi connectivity index (χ3n) is 3.63. The van der Waals surface area contributed by atoms with E-state index >= 15 is 0 Å². The lowest BCUT2D eigenvalue weighted by molar-refractivity contribution is 0.128. The van der Waals surface area contributed by atoms with Gasteiger partial charge >= 0.3 is 0 Å². The minimum absolute atomic E-state index is 0.513. The van der Waals surface area contributed by atoms with E-state index in [1.165, 1.54) is 31.2 Å². The molecular weight excluding hydrogens is 198 g/mol. The zero-order valence-corrected chi connectivity index (χ0v) is 10.5. The van der Waals surface area contributed by atoms with E-state index in [1.807, 2.05) is 6.26 Å². The van der Waals surface area contributed by atoms with E-state index in [9.17, 15) is 0 Å². The van der Waals surface area contributed by atoms with Gasteiger partial charge < -0.3 is 9.73 Å². The van der Waals surface area contributed by atoms with E-state index in [2.05, 4.69) is 25.2 Å². The molecule has 90 valence electrons. The van der Waals surface area contributed by atoms with Gasteiger partial charge in [-0.3, -0.25) is 0 Å². The van der Waals surface area contributed by atoms with Crippen molar-refractivity contribution in [1.29, 1.82) is 0 Å². The topological polar surface area (TPSA) is 25.2 Å². The fourth-order valence-corrected chi connectivity index (χ4v) is 2.55. The summed E-state index contributed by atoms with van der Waals surface area (Å²) < 4.78 is 5.15. The molecule has 2 heteroatoms. The van der Waals surface area contributed by atoms with Crippen molar-refractivity contribution in [3.63, 3.8) is 0 Å². The minimum atomic E-state index is 0.513. The van der Waals surface area contributed by atoms with Crippen LogP contribution in [0.3, 0.4) is 0 Å². The zero-order valence-electron chi connectivity index (χ0n) is 10.5. The Morgan fingerprint density at radius 1 is 1.44 bits per heavy atom. The van der Waals surface area contributed by atoms with Gasteiger partial charge in [-0.05, 0) is 48.8 Å². The van der Waals surface area contributed by atoms with E-state index in [1.54, 1.807) is 6.26 Å². The van der Waals surface area contributed by atoms with E-state index in [4.69, 9.17) is 4.42 Å². The number of hydrogen-bond donors (Lipinski definition) is 1. The second kappa shape index (κ2) is 5.05. The summed E-state index contributed by atoms with van der Waals surface area (Å²) in [7, 11) is 0. The average Bonchev–Trinajstić information content (AvgIpc) is 2.65. The van der Waals surface area contributed by atoms with E-state index < -0.39 is 0 Å². The first-order chi connectivity index (χ1) is 7.70. The molecule has 0 bridgehead atoms. The van der Waals surface area contributed by atoms with Crippen molar-refractivity contribution in [3.8, 4) is 0 Å². The van der Waals surface area contributed by atoms with E-state index in [-0.39, 0.29) is 0 Å². The molecular formula is C14H23NO. The molecule has 1 N–H and O–H groups in total. The predicted octanol–water partition coefficient (Wildman–Crippen LogP) is 3.24. The summed E-state index contributed by atoms with van der Waals surface area (Å²) in [6, 6.07) is 2.10. The van der Waals surface area contributed by atoms with Gasteiger partial charge in [0.2, 0.25) is 0 Å². The lowest BCUT2D eigenvalue weighted by Gasteiger charge is -2.42. The van der Waals surface area contributed by atoms with Crippen LogP contribution in [-0.2, 0) is 6.42 Å². The molecule has 16 heavy (non-hydrogen) atoms. The van der Waals surface area contributed by atoms with Crippen molar-refractivity contribution in [2.75, 3.05) is 13.1 Å². The Hall–Kier alpha value is -0.760. The summed E-state index contributed by atoms with van der Waals surface area (Å²) in [5, 5.41) is 3.61. The molecule has 2 rings (SSSR count). The molecule has 0 amide bonds. The van der Waals surface area contributed by atoms with Gasteiger partial charge in [0.1, 0.15) is 0 Å². The Morgan fingerprint density at radius 2 is 2.25 bits per heavy atom. The van der Waals surface area contributed by atoms with Gasteiger partial charge in [-0.15, -0.1) is 0 Å². The van der Waals surface area contributed by atoms with E-state index in [0.29, 0.717) is 5.41 Å². The Labute approximate surface area is 98.4 Å². The summed E-state index contributed by atoms with van der Waals surface area (Å²) in [6.45, 7) is 6.82. The highest BCUT2D eigenvalue weighted by Crippen LogP contribution is 2.43. The molecule has 0 aromatic carbocycles. The number of hydrogen-bond acceptors (Lipinski definition) is 2. The molecule has 0 saturated heterocycles. The van der Waals surface area contributed by atoms with Crippen LogP contribution in [-0.4, -0.2) is 13.1 Å². The monoisotopic (exact) mass is 221 g/mol. The Morgan fingerprint density at radius 3 is 2.75 bits per heavy atom. The largest absolute Gasteiger partial charge is 0.472 e. The normalized spacial score (nSPS) is 18.7. The molecule has 0 radical (unpaired) electrons. The lowest BCUT2D eigenvalue weighted by atomic mass is 9.65. The maximum atomic E-state index is 5.15. The van der Waals surface area contributed by atoms with Crippen molar-refractivity contribution in [2.45, 2.75) is 39.5 Å². The number of rotatable bonds is 6. The Balaban J connectivity index is 1.82. The average molecular weight is 221 g/mol. The molecule has 2 nitrogen and oxygen atoms in total. The Kier molecular flexibility index (Phi) is 3.70. The first-order valence-electron chi connectivity index (χ1n) is 6.42. The SMILES string of the molecule is CC(C)CNCC1(Cc2ccoc2)CCC1. The van der Waals surface area contributed by atoms with Crippen molar-refractivity contribution < 1.29 is 4.42 Å². The van der Waals surface area contributed by atoms with Gasteiger partial charge in [0.15, 0.2) is 0 Å². The molecule has 1 aliphatic rings. The highest BCUT2D eigenvalue weighted by atomic mass is 16.3. The van der Waals surface area contributed by atoms with Gasteiger partial charge in [0, 0.05) is 6.54 Å². The summed E-state index contributed by atoms with van der Waals surface area (Å²) in [5.41, 5.74) is 1.87. The number of furan rings is 1. The molecule has 1 aromatic heterocycles. The zero-order chi connectivity index (χ0) is 11.4. The van der Waals surface area contributed by atoms with Crippen LogP contribution >= 0.6 is 0 Å². The van der Waals surface area contributed by atoms with Crippen LogP contribution in [0.1, 0.15) is 38.7 Å². The number of nitrogens with one attached hydrogen (secondary N) is 1. The molecule has 0 spiro atoms. The maximum absolute atomic E-state index is 5.15. The van der Waals surface area contributed by atoms with Gasteiger partial charge in [0.25, 0.3) is 0 Å². The summed E-state index contributed by atoms with van der Waals surface area (Å²) >= 11 is 0. The predicted molar refractivity (Wildman–Crippen MR) is 66.4 cm³/mol. The fourth-order valence-electron chi connectivity index (χ4n) is 2.55. The highest BCUT2D eigenvalue weighted by Gasteiger charge is 2.36. The van der Waals surface area contributed by atoms with Crippen LogP contribution in [0.15, 0.2) is 23.0 Å². The first-order valence-corrected chi connectivity index (χ1v) is 6.42. The van der Waals surface area contributed by atoms with Crippen molar-refractivity contribution >= 4 is 0 Å². The van der Waals surface area contributed by atoms with Gasteiger partial charge in [-0.25, -0.2) is 0 Å². The molecule has 0 aliphatic heterocycles. The standard InChI is InChI=1S/C14H23NO/c1-12(2)9-15-11-14(5-3-6-14)8-13-4-7-16-10-13/h4,7,10,12,15H,3,5-6,8-9,11H2,1-2H3. The molecule has 1 aliphatic carbocycles. The summed E-state index contributed by atoms with van der Waals surface area (Å²) in [5.74, 6) is 0.742. The van der Waals surface area contributed by atoms with Crippen LogP contribution < -0.4 is 5.32 Å². The van der Waals surface area contributed by atoms with Crippen LogP contribution in [0, 0.1) is 11.3 Å². The third-order valence-corrected chi connectivity index (χ3v) is 3.63. The van der Waals surface area contributed by atoms with Crippen molar-refractivity contribution in [1.82, 2.24) is 5.32 Å². The lowest BCUT2D eigenvalue weighted by Crippen LogP contribution is -2.42. The van der Waals surface area contributed by atoms with Gasteiger partial charge in [-0.2, -0.15) is 0 Å². The van der Waals surface area contributed by atoms with E-state index in [0.717, 1.165) is 19.0 Å². The Bertz CT molecular complexity index is 299. The highest BCUT2D eigenvalue weighted by molar-refractivity contribution is 5.11. The summed E-state index contributed by atoms with van der Waals surface area (Å²) in [4.78, 5) is 0. The molecule has 1 saturated carbocycles. The minimum Gasteiger partial charge on any atom is -0.472 e. The first kappa shape index (κ1) is 11.7. The molecule has 1 fully saturated rings. The van der Waals surface area contributed by atoms with Crippen LogP contribution in [0.2, 0.25) is 0 Å². The molecule has 1 heterocycles. The smallest absolute Gasteiger partial charge is 0.0934 e. The summed E-state index contributed by atoms with van der Waals surface area (Å²) in [6.07, 6.45) is 8.97. The molecule has 0 atom stereocenters. The quantitative estimate of drug-likeness (QED) is 0.797. The van der Waals surface area contributed by atoms with Crippen LogP contribution in [0.25, 0.3) is 0 Å². The van der Waals surface area contributed by atoms with Crippen LogP contribution in [0.5, 0.6) is 0 Å². The van der Waals surface area contributed by atoms with Gasteiger partial charge in [0.05, 0.1) is 12.5 Å².